The summed E-state index contributed by atoms with van der Waals surface area (Å²) in [5, 5.41) is 9.49. The number of benzene rings is 1. The van der Waals surface area contributed by atoms with E-state index in [-0.39, 0.29) is 11.7 Å². The van der Waals surface area contributed by atoms with Gasteiger partial charge in [-0.3, -0.25) is 9.69 Å². The monoisotopic (exact) mass is 289 g/mol. The molecule has 1 N–H and O–H groups in total. The van der Waals surface area contributed by atoms with Gasteiger partial charge >= 0.3 is 5.97 Å². The van der Waals surface area contributed by atoms with E-state index in [1.54, 1.807) is 0 Å². The Morgan fingerprint density at radius 3 is 2.86 bits per heavy atom. The number of carboxylic acids is 1. The van der Waals surface area contributed by atoms with Crippen molar-refractivity contribution in [3.63, 3.8) is 0 Å². The highest BCUT2D eigenvalue weighted by Gasteiger charge is 2.35. The lowest BCUT2D eigenvalue weighted by Crippen LogP contribution is -2.41. The van der Waals surface area contributed by atoms with Crippen LogP contribution in [-0.4, -0.2) is 40.8 Å². The van der Waals surface area contributed by atoms with Gasteiger partial charge in [-0.05, 0) is 37.8 Å². The van der Waals surface area contributed by atoms with Gasteiger partial charge in [0.2, 0.25) is 0 Å². The molecule has 4 heteroatoms. The van der Waals surface area contributed by atoms with Crippen molar-refractivity contribution in [3.05, 3.63) is 35.4 Å². The van der Waals surface area contributed by atoms with E-state index in [1.807, 2.05) is 24.3 Å². The van der Waals surface area contributed by atoms with Crippen molar-refractivity contribution < 1.29 is 14.6 Å². The van der Waals surface area contributed by atoms with Crippen molar-refractivity contribution >= 4 is 5.97 Å². The van der Waals surface area contributed by atoms with E-state index in [4.69, 9.17) is 4.74 Å². The van der Waals surface area contributed by atoms with Crippen LogP contribution in [0.2, 0.25) is 0 Å². The van der Waals surface area contributed by atoms with E-state index in [1.165, 1.54) is 0 Å². The Bertz CT molecular complexity index is 541. The van der Waals surface area contributed by atoms with Crippen LogP contribution in [0.4, 0.5) is 0 Å². The number of fused-ring (bicyclic) bond motifs is 1. The maximum Gasteiger partial charge on any atom is 0.312 e. The Hall–Kier alpha value is -1.39. The molecule has 1 saturated heterocycles. The van der Waals surface area contributed by atoms with Gasteiger partial charge in [0.1, 0.15) is 0 Å². The predicted molar refractivity (Wildman–Crippen MR) is 80.3 cm³/mol. The third kappa shape index (κ3) is 3.11. The number of carboxylic acid groups (broad SMARTS) is 1. The minimum Gasteiger partial charge on any atom is -0.481 e. The van der Waals surface area contributed by atoms with E-state index in [0.717, 1.165) is 37.1 Å². The molecular formula is C17H23NO3. The highest BCUT2D eigenvalue weighted by atomic mass is 16.5. The molecule has 0 aliphatic carbocycles. The van der Waals surface area contributed by atoms with Crippen LogP contribution in [0.1, 0.15) is 43.7 Å². The molecule has 21 heavy (non-hydrogen) atoms. The van der Waals surface area contributed by atoms with Gasteiger partial charge in [-0.1, -0.05) is 24.3 Å². The van der Waals surface area contributed by atoms with E-state index >= 15 is 0 Å². The summed E-state index contributed by atoms with van der Waals surface area (Å²) >= 11 is 0. The van der Waals surface area contributed by atoms with Crippen molar-refractivity contribution in [2.24, 2.45) is 0 Å². The Morgan fingerprint density at radius 2 is 2.19 bits per heavy atom. The summed E-state index contributed by atoms with van der Waals surface area (Å²) in [6.07, 6.45) is 2.35. The summed E-state index contributed by atoms with van der Waals surface area (Å²) in [7, 11) is 0. The number of carbonyl (C=O) groups is 1. The first-order chi connectivity index (χ1) is 9.94. The fraction of sp³-hybridized carbons (Fsp3) is 0.588. The molecule has 3 rings (SSSR count). The van der Waals surface area contributed by atoms with Crippen LogP contribution in [0.5, 0.6) is 0 Å². The maximum atomic E-state index is 11.5. The Labute approximate surface area is 125 Å². The molecule has 2 aliphatic rings. The second kappa shape index (κ2) is 5.43. The topological polar surface area (TPSA) is 49.8 Å². The molecule has 114 valence electrons. The molecule has 0 aromatic heterocycles. The molecule has 4 nitrogen and oxygen atoms in total. The summed E-state index contributed by atoms with van der Waals surface area (Å²) < 4.78 is 6.05. The van der Waals surface area contributed by atoms with Crippen molar-refractivity contribution in [1.82, 2.24) is 4.90 Å². The van der Waals surface area contributed by atoms with E-state index in [2.05, 4.69) is 18.7 Å². The van der Waals surface area contributed by atoms with Gasteiger partial charge < -0.3 is 9.84 Å². The molecule has 2 heterocycles. The van der Waals surface area contributed by atoms with E-state index in [9.17, 15) is 9.90 Å². The second-order valence-electron chi connectivity index (χ2n) is 6.82. The van der Waals surface area contributed by atoms with Gasteiger partial charge in [0.05, 0.1) is 17.6 Å². The minimum absolute atomic E-state index is 0.0371. The molecule has 1 aromatic carbocycles. The lowest BCUT2D eigenvalue weighted by molar-refractivity contribution is -0.139. The molecule has 0 amide bonds. The van der Waals surface area contributed by atoms with Crippen molar-refractivity contribution in [2.75, 3.05) is 13.1 Å². The van der Waals surface area contributed by atoms with Crippen LogP contribution in [-0.2, 0) is 16.1 Å². The van der Waals surface area contributed by atoms with Gasteiger partial charge in [0, 0.05) is 19.6 Å². The number of nitrogens with zero attached hydrogens (tertiary/aromatic N) is 1. The lowest BCUT2D eigenvalue weighted by Gasteiger charge is -2.34. The Morgan fingerprint density at radius 1 is 1.43 bits per heavy atom. The van der Waals surface area contributed by atoms with E-state index in [0.29, 0.717) is 6.54 Å². The summed E-state index contributed by atoms with van der Waals surface area (Å²) in [5.74, 6) is -1.16. The minimum atomic E-state index is -0.736. The van der Waals surface area contributed by atoms with Gasteiger partial charge in [0.25, 0.3) is 0 Å². The van der Waals surface area contributed by atoms with Gasteiger partial charge in [-0.2, -0.15) is 0 Å². The average molecular weight is 289 g/mol. The van der Waals surface area contributed by atoms with Crippen molar-refractivity contribution in [2.45, 2.75) is 50.9 Å². The number of hydrogen-bond acceptors (Lipinski definition) is 3. The number of hydrogen-bond donors (Lipinski definition) is 1. The molecule has 1 aromatic rings. The SMILES string of the molecule is CC1(C)CCC(CN2Cc3ccccc3C(C(=O)O)C2)O1. The van der Waals surface area contributed by atoms with Crippen LogP contribution >= 0.6 is 0 Å². The maximum absolute atomic E-state index is 11.5. The van der Waals surface area contributed by atoms with Crippen LogP contribution < -0.4 is 0 Å². The van der Waals surface area contributed by atoms with Crippen LogP contribution in [0.25, 0.3) is 0 Å². The summed E-state index contributed by atoms with van der Waals surface area (Å²) in [6.45, 7) is 6.46. The standard InChI is InChI=1S/C17H23NO3/c1-17(2)8-7-13(21-17)10-18-9-12-5-3-4-6-14(12)15(11-18)16(19)20/h3-6,13,15H,7-11H2,1-2H3,(H,19,20). The normalized spacial score (nSPS) is 28.3. The predicted octanol–water partition coefficient (Wildman–Crippen LogP) is 2.63. The average Bonchev–Trinajstić information content (AvgIpc) is 2.77. The highest BCUT2D eigenvalue weighted by molar-refractivity contribution is 5.77. The lowest BCUT2D eigenvalue weighted by atomic mass is 9.89. The second-order valence-corrected chi connectivity index (χ2v) is 6.82. The van der Waals surface area contributed by atoms with Crippen molar-refractivity contribution in [1.29, 1.82) is 0 Å². The van der Waals surface area contributed by atoms with Crippen LogP contribution in [0.15, 0.2) is 24.3 Å². The van der Waals surface area contributed by atoms with Gasteiger partial charge in [-0.15, -0.1) is 0 Å². The highest BCUT2D eigenvalue weighted by Crippen LogP contribution is 2.33. The number of rotatable bonds is 3. The fourth-order valence-electron chi connectivity index (χ4n) is 3.52. The van der Waals surface area contributed by atoms with Crippen LogP contribution in [0.3, 0.4) is 0 Å². The molecule has 0 radical (unpaired) electrons. The zero-order valence-corrected chi connectivity index (χ0v) is 12.7. The molecule has 0 bridgehead atoms. The molecule has 0 saturated carbocycles. The first-order valence-corrected chi connectivity index (χ1v) is 7.65. The third-order valence-corrected chi connectivity index (χ3v) is 4.58. The first-order valence-electron chi connectivity index (χ1n) is 7.65. The van der Waals surface area contributed by atoms with Gasteiger partial charge in [-0.25, -0.2) is 0 Å². The van der Waals surface area contributed by atoms with Crippen molar-refractivity contribution in [3.8, 4) is 0 Å². The summed E-state index contributed by atoms with van der Waals surface area (Å²) in [5.41, 5.74) is 2.06. The summed E-state index contributed by atoms with van der Waals surface area (Å²) in [6, 6.07) is 7.89. The molecule has 1 fully saturated rings. The summed E-state index contributed by atoms with van der Waals surface area (Å²) in [4.78, 5) is 13.8. The Kier molecular flexibility index (Phi) is 3.76. The van der Waals surface area contributed by atoms with Gasteiger partial charge in [0.15, 0.2) is 0 Å². The molecular weight excluding hydrogens is 266 g/mol. The number of aliphatic carboxylic acids is 1. The fourth-order valence-corrected chi connectivity index (χ4v) is 3.52. The molecule has 2 unspecified atom stereocenters. The first kappa shape index (κ1) is 14.5. The largest absolute Gasteiger partial charge is 0.481 e. The molecule has 2 aliphatic heterocycles. The number of ether oxygens (including phenoxy) is 1. The molecule has 2 atom stereocenters. The van der Waals surface area contributed by atoms with E-state index < -0.39 is 11.9 Å². The smallest absolute Gasteiger partial charge is 0.312 e. The zero-order valence-electron chi connectivity index (χ0n) is 12.7. The Balaban J connectivity index is 1.73. The quantitative estimate of drug-likeness (QED) is 0.929. The molecule has 0 spiro atoms. The zero-order chi connectivity index (χ0) is 15.0. The van der Waals surface area contributed by atoms with Crippen LogP contribution in [0, 0.1) is 0 Å². The third-order valence-electron chi connectivity index (χ3n) is 4.58.